The number of likely N-dealkylation sites (tertiary alicyclic amines) is 1. The lowest BCUT2D eigenvalue weighted by atomic mass is 9.91. The van der Waals surface area contributed by atoms with Crippen molar-refractivity contribution in [1.29, 1.82) is 0 Å². The number of carbonyl (C=O) groups excluding carboxylic acids is 2. The lowest BCUT2D eigenvalue weighted by molar-refractivity contribution is -0.104. The molecule has 0 amide bonds. The number of nitrogens with zero attached hydrogens (tertiary/aromatic N) is 2. The number of hydrogen-bond acceptors (Lipinski definition) is 9. The number of phenols is 2. The summed E-state index contributed by atoms with van der Waals surface area (Å²) in [6.07, 6.45) is 2.21. The number of Topliss-reactive ketones (excluding diaryl/α,β-unsaturated/α-hetero) is 1. The normalized spacial score (nSPS) is 17.1. The molecule has 0 radical (unpaired) electrons. The predicted octanol–water partition coefficient (Wildman–Crippen LogP) is 2.97. The number of carbonyl (C=O) groups is 2. The van der Waals surface area contributed by atoms with E-state index in [0.29, 0.717) is 29.5 Å². The number of aliphatic hydroxyl groups excluding tert-OH is 1. The Morgan fingerprint density at radius 1 is 1.14 bits per heavy atom. The SMILES string of the molecule is CC(Nc1ccc(NCCN2CCCC2CO)c2c(C(=O)C=O)c3c(O)ccc(O)c3cc12)N(C)C. The van der Waals surface area contributed by atoms with Crippen LogP contribution in [0.2, 0.25) is 0 Å². The molecule has 2 atom stereocenters. The molecule has 3 aromatic rings. The maximum absolute atomic E-state index is 13.0. The van der Waals surface area contributed by atoms with Gasteiger partial charge in [0.2, 0.25) is 5.78 Å². The van der Waals surface area contributed by atoms with Crippen LogP contribution in [0.4, 0.5) is 11.4 Å². The number of aliphatic hydroxyl groups is 1. The van der Waals surface area contributed by atoms with Crippen molar-refractivity contribution in [3.8, 4) is 11.5 Å². The third-order valence-electron chi connectivity index (χ3n) is 7.15. The summed E-state index contributed by atoms with van der Waals surface area (Å²) in [7, 11) is 3.88. The van der Waals surface area contributed by atoms with Gasteiger partial charge in [-0.25, -0.2) is 0 Å². The Morgan fingerprint density at radius 2 is 1.86 bits per heavy atom. The number of rotatable bonds is 10. The van der Waals surface area contributed by atoms with Gasteiger partial charge in [-0.3, -0.25) is 19.4 Å². The van der Waals surface area contributed by atoms with Crippen LogP contribution in [-0.2, 0) is 4.79 Å². The fourth-order valence-corrected chi connectivity index (χ4v) is 4.98. The second-order valence-corrected chi connectivity index (χ2v) is 9.57. The third kappa shape index (κ3) is 4.82. The van der Waals surface area contributed by atoms with Crippen LogP contribution in [0.5, 0.6) is 11.5 Å². The third-order valence-corrected chi connectivity index (χ3v) is 7.15. The van der Waals surface area contributed by atoms with Crippen molar-refractivity contribution in [3.63, 3.8) is 0 Å². The van der Waals surface area contributed by atoms with Gasteiger partial charge in [0.25, 0.3) is 0 Å². The average molecular weight is 495 g/mol. The van der Waals surface area contributed by atoms with Crippen LogP contribution in [0.3, 0.4) is 0 Å². The Balaban J connectivity index is 1.89. The van der Waals surface area contributed by atoms with Crippen molar-refractivity contribution in [1.82, 2.24) is 9.80 Å². The molecule has 0 bridgehead atoms. The number of ketones is 1. The summed E-state index contributed by atoms with van der Waals surface area (Å²) in [6, 6.07) is 8.32. The highest BCUT2D eigenvalue weighted by Gasteiger charge is 2.25. The monoisotopic (exact) mass is 494 g/mol. The first-order valence-corrected chi connectivity index (χ1v) is 12.2. The number of aldehydes is 1. The minimum absolute atomic E-state index is 0.0451. The molecule has 0 spiro atoms. The second-order valence-electron chi connectivity index (χ2n) is 9.57. The molecule has 3 aromatic carbocycles. The minimum Gasteiger partial charge on any atom is -0.507 e. The molecule has 9 heteroatoms. The van der Waals surface area contributed by atoms with E-state index in [1.54, 1.807) is 6.07 Å². The van der Waals surface area contributed by atoms with Gasteiger partial charge in [0, 0.05) is 57.6 Å². The Bertz CT molecular complexity index is 1290. The summed E-state index contributed by atoms with van der Waals surface area (Å²) in [5, 5.41) is 39.3. The van der Waals surface area contributed by atoms with Gasteiger partial charge in [-0.05, 0) is 70.7 Å². The van der Waals surface area contributed by atoms with Gasteiger partial charge in [0.15, 0.2) is 6.29 Å². The zero-order valence-corrected chi connectivity index (χ0v) is 20.9. The van der Waals surface area contributed by atoms with Crippen LogP contribution in [0.15, 0.2) is 30.3 Å². The molecule has 192 valence electrons. The van der Waals surface area contributed by atoms with Crippen molar-refractivity contribution in [2.24, 2.45) is 0 Å². The predicted molar refractivity (Wildman–Crippen MR) is 142 cm³/mol. The molecular formula is C27H34N4O5. The average Bonchev–Trinajstić information content (AvgIpc) is 3.33. The van der Waals surface area contributed by atoms with Gasteiger partial charge in [-0.1, -0.05) is 0 Å². The van der Waals surface area contributed by atoms with Crippen LogP contribution in [0, 0.1) is 0 Å². The first-order chi connectivity index (χ1) is 17.3. The Kier molecular flexibility index (Phi) is 7.63. The van der Waals surface area contributed by atoms with Crippen LogP contribution in [-0.4, -0.2) is 89.7 Å². The van der Waals surface area contributed by atoms with E-state index >= 15 is 0 Å². The fourth-order valence-electron chi connectivity index (χ4n) is 4.98. The first kappa shape index (κ1) is 25.7. The van der Waals surface area contributed by atoms with E-state index in [4.69, 9.17) is 0 Å². The molecule has 0 aliphatic carbocycles. The van der Waals surface area contributed by atoms with Crippen molar-refractivity contribution in [3.05, 3.63) is 35.9 Å². The van der Waals surface area contributed by atoms with Crippen LogP contribution in [0.1, 0.15) is 30.1 Å². The molecule has 4 rings (SSSR count). The van der Waals surface area contributed by atoms with E-state index in [1.165, 1.54) is 12.1 Å². The zero-order chi connectivity index (χ0) is 26.0. The van der Waals surface area contributed by atoms with Gasteiger partial charge in [-0.2, -0.15) is 0 Å². The van der Waals surface area contributed by atoms with Crippen molar-refractivity contribution in [2.75, 3.05) is 51.0 Å². The van der Waals surface area contributed by atoms with E-state index in [9.17, 15) is 24.9 Å². The molecule has 0 aromatic heterocycles. The molecule has 2 unspecified atom stereocenters. The Morgan fingerprint density at radius 3 is 2.56 bits per heavy atom. The summed E-state index contributed by atoms with van der Waals surface area (Å²) in [5.74, 6) is -1.07. The maximum Gasteiger partial charge on any atom is 0.226 e. The molecule has 1 heterocycles. The highest BCUT2D eigenvalue weighted by Crippen LogP contribution is 2.43. The zero-order valence-electron chi connectivity index (χ0n) is 20.9. The first-order valence-electron chi connectivity index (χ1n) is 12.2. The van der Waals surface area contributed by atoms with Gasteiger partial charge < -0.3 is 26.0 Å². The summed E-state index contributed by atoms with van der Waals surface area (Å²) in [5.41, 5.74) is 1.41. The van der Waals surface area contributed by atoms with E-state index in [-0.39, 0.29) is 52.9 Å². The summed E-state index contributed by atoms with van der Waals surface area (Å²) < 4.78 is 0. The molecule has 36 heavy (non-hydrogen) atoms. The topological polar surface area (TPSA) is 125 Å². The number of nitrogens with one attached hydrogen (secondary N) is 2. The van der Waals surface area contributed by atoms with Crippen molar-refractivity contribution < 1.29 is 24.9 Å². The van der Waals surface area contributed by atoms with Gasteiger partial charge >= 0.3 is 0 Å². The maximum atomic E-state index is 13.0. The number of aromatic hydroxyl groups is 2. The fraction of sp³-hybridized carbons (Fsp3) is 0.407. The Labute approximate surface area is 210 Å². The molecule has 1 aliphatic rings. The highest BCUT2D eigenvalue weighted by molar-refractivity contribution is 6.41. The summed E-state index contributed by atoms with van der Waals surface area (Å²) in [4.78, 5) is 29.0. The summed E-state index contributed by atoms with van der Waals surface area (Å²) in [6.45, 7) is 4.31. The van der Waals surface area contributed by atoms with Crippen molar-refractivity contribution >= 4 is 45.0 Å². The van der Waals surface area contributed by atoms with Gasteiger partial charge in [0.1, 0.15) is 11.5 Å². The molecule has 1 aliphatic heterocycles. The highest BCUT2D eigenvalue weighted by atomic mass is 16.3. The standard InChI is InChI=1S/C27H34N4O5/c1-16(30(2)3)29-20-6-7-21(28-10-12-31-11-4-5-17(31)14-32)25-18(20)13-19-22(34)8-9-23(35)26(19)27(25)24(36)15-33/h6-9,13,15-17,28-29,32,34-35H,4-5,10-12,14H2,1-3H3. The summed E-state index contributed by atoms with van der Waals surface area (Å²) >= 11 is 0. The van der Waals surface area contributed by atoms with Gasteiger partial charge in [0.05, 0.1) is 12.8 Å². The number of phenolic OH excluding ortho intramolecular Hbond substituents is 2. The lowest BCUT2D eigenvalue weighted by Crippen LogP contribution is -2.35. The van der Waals surface area contributed by atoms with E-state index < -0.39 is 5.78 Å². The molecule has 1 fully saturated rings. The smallest absolute Gasteiger partial charge is 0.226 e. The number of fused-ring (bicyclic) bond motifs is 2. The number of hydrogen-bond donors (Lipinski definition) is 5. The quantitative estimate of drug-likeness (QED) is 0.0722. The van der Waals surface area contributed by atoms with Crippen molar-refractivity contribution in [2.45, 2.75) is 32.0 Å². The molecule has 5 N–H and O–H groups in total. The number of benzene rings is 3. The van der Waals surface area contributed by atoms with E-state index in [2.05, 4.69) is 15.5 Å². The number of anilines is 2. The van der Waals surface area contributed by atoms with E-state index in [0.717, 1.165) is 25.1 Å². The Hall–Kier alpha value is -3.40. The van der Waals surface area contributed by atoms with Crippen LogP contribution in [0.25, 0.3) is 21.5 Å². The second kappa shape index (κ2) is 10.7. The molecule has 9 nitrogen and oxygen atoms in total. The van der Waals surface area contributed by atoms with Crippen LogP contribution < -0.4 is 10.6 Å². The van der Waals surface area contributed by atoms with Gasteiger partial charge in [-0.15, -0.1) is 0 Å². The van der Waals surface area contributed by atoms with Crippen LogP contribution >= 0.6 is 0 Å². The molecular weight excluding hydrogens is 460 g/mol. The minimum atomic E-state index is -0.785. The molecule has 1 saturated heterocycles. The molecule has 0 saturated carbocycles. The lowest BCUT2D eigenvalue weighted by Gasteiger charge is -2.25. The largest absolute Gasteiger partial charge is 0.507 e. The van der Waals surface area contributed by atoms with E-state index in [1.807, 2.05) is 38.1 Å².